The van der Waals surface area contributed by atoms with Crippen LogP contribution in [0.3, 0.4) is 0 Å². The number of allylic oxidation sites excluding steroid dienone is 5. The second kappa shape index (κ2) is 70.2. The standard InChI is InChI=1S/C81H153NO10/c1-3-5-7-9-11-13-15-17-41-44-47-51-55-59-63-67-74(84)73(72-91-81-80(89)79(88)78(87)75(71-83)92-81)82-76(85)68-64-60-56-52-48-45-42-39-37-35-33-31-29-27-25-23-21-19-18-20-22-24-26-28-30-32-34-36-38-40-43-46-50-54-58-62-66-70-90-77(86)69-65-61-57-53-49-16-14-12-10-8-6-4-2/h15,17,47,51,63,67,73-75,78-81,83-84,87-89H,3-14,16,18-46,48-50,52-62,64-66,68-72H2,1-2H3,(H,82,85)/b17-15+,51-47+,67-63+. The Morgan fingerprint density at radius 2 is 0.707 bits per heavy atom. The Kier molecular flexibility index (Phi) is 67.1. The molecule has 7 atom stereocenters. The van der Waals surface area contributed by atoms with Crippen molar-refractivity contribution in [3.63, 3.8) is 0 Å². The molecule has 0 radical (unpaired) electrons. The number of nitrogens with one attached hydrogen (secondary N) is 1. The van der Waals surface area contributed by atoms with Gasteiger partial charge in [-0.1, -0.05) is 371 Å². The second-order valence-corrected chi connectivity index (χ2v) is 28.1. The van der Waals surface area contributed by atoms with Crippen molar-refractivity contribution in [1.29, 1.82) is 0 Å². The number of hydrogen-bond donors (Lipinski definition) is 6. The fraction of sp³-hybridized carbons (Fsp3) is 0.901. The number of unbranched alkanes of at least 4 members (excludes halogenated alkanes) is 54. The highest BCUT2D eigenvalue weighted by atomic mass is 16.7. The molecular weight excluding hydrogens is 1150 g/mol. The maximum absolute atomic E-state index is 13.1. The van der Waals surface area contributed by atoms with Gasteiger partial charge in [-0.25, -0.2) is 0 Å². The Morgan fingerprint density at radius 1 is 0.391 bits per heavy atom. The van der Waals surface area contributed by atoms with Crippen molar-refractivity contribution in [3.05, 3.63) is 36.5 Å². The number of esters is 1. The van der Waals surface area contributed by atoms with E-state index in [0.717, 1.165) is 64.2 Å². The molecule has 1 fully saturated rings. The van der Waals surface area contributed by atoms with Crippen molar-refractivity contribution >= 4 is 11.9 Å². The first-order valence-corrected chi connectivity index (χ1v) is 40.3. The van der Waals surface area contributed by atoms with Crippen LogP contribution in [0, 0.1) is 0 Å². The lowest BCUT2D eigenvalue weighted by Crippen LogP contribution is -2.60. The number of carbonyl (C=O) groups is 2. The molecule has 0 spiro atoms. The zero-order chi connectivity index (χ0) is 66.5. The lowest BCUT2D eigenvalue weighted by molar-refractivity contribution is -0.302. The summed E-state index contributed by atoms with van der Waals surface area (Å²) in [6.45, 7) is 4.36. The van der Waals surface area contributed by atoms with Gasteiger partial charge in [0.2, 0.25) is 5.91 Å². The van der Waals surface area contributed by atoms with E-state index < -0.39 is 49.5 Å². The van der Waals surface area contributed by atoms with Gasteiger partial charge in [0.1, 0.15) is 24.4 Å². The SMILES string of the molecule is CCCCCCC/C=C/CC/C=C/CC/C=C/C(O)C(COC1OC(CO)C(O)C(O)C1O)NC(=O)CCCCCCCCCCCCCCCCCCCCCCCCCCCCCCCCCCCCCCCOC(=O)CCCCCCCCCCCCCC. The third-order valence-electron chi connectivity index (χ3n) is 19.2. The first-order valence-electron chi connectivity index (χ1n) is 40.3. The maximum Gasteiger partial charge on any atom is 0.305 e. The third kappa shape index (κ3) is 58.1. The van der Waals surface area contributed by atoms with Crippen molar-refractivity contribution in [2.24, 2.45) is 0 Å². The molecule has 0 aromatic rings. The van der Waals surface area contributed by atoms with Crippen molar-refractivity contribution < 1.29 is 49.3 Å². The molecule has 0 bridgehead atoms. The summed E-state index contributed by atoms with van der Waals surface area (Å²) in [6.07, 6.45) is 81.8. The predicted molar refractivity (Wildman–Crippen MR) is 389 cm³/mol. The monoisotopic (exact) mass is 1300 g/mol. The molecule has 1 rings (SSSR count). The molecule has 1 aliphatic rings. The molecule has 1 heterocycles. The first kappa shape index (κ1) is 87.9. The summed E-state index contributed by atoms with van der Waals surface area (Å²) in [7, 11) is 0. The van der Waals surface area contributed by atoms with Gasteiger partial charge in [-0.15, -0.1) is 0 Å². The van der Waals surface area contributed by atoms with Gasteiger partial charge in [0, 0.05) is 12.8 Å². The maximum atomic E-state index is 13.1. The van der Waals surface area contributed by atoms with Gasteiger partial charge in [-0.3, -0.25) is 9.59 Å². The van der Waals surface area contributed by atoms with Crippen LogP contribution in [-0.4, -0.2) is 100 Å². The molecule has 0 aromatic carbocycles. The summed E-state index contributed by atoms with van der Waals surface area (Å²) in [5.41, 5.74) is 0. The summed E-state index contributed by atoms with van der Waals surface area (Å²) in [5, 5.41) is 54.6. The van der Waals surface area contributed by atoms with E-state index in [4.69, 9.17) is 14.2 Å². The van der Waals surface area contributed by atoms with E-state index in [1.807, 2.05) is 6.08 Å². The Bertz CT molecular complexity index is 1620. The van der Waals surface area contributed by atoms with Gasteiger partial charge in [-0.05, 0) is 57.8 Å². The van der Waals surface area contributed by atoms with Crippen molar-refractivity contribution in [1.82, 2.24) is 5.32 Å². The van der Waals surface area contributed by atoms with E-state index in [2.05, 4.69) is 43.5 Å². The topological polar surface area (TPSA) is 175 Å². The van der Waals surface area contributed by atoms with Crippen LogP contribution >= 0.6 is 0 Å². The summed E-state index contributed by atoms with van der Waals surface area (Å²) < 4.78 is 16.8. The Labute approximate surface area is 568 Å². The van der Waals surface area contributed by atoms with Gasteiger partial charge in [0.25, 0.3) is 0 Å². The normalized spacial score (nSPS) is 17.7. The minimum absolute atomic E-state index is 0.0183. The van der Waals surface area contributed by atoms with Crippen LogP contribution in [-0.2, 0) is 23.8 Å². The molecule has 0 aliphatic carbocycles. The number of aliphatic hydroxyl groups is 5. The highest BCUT2D eigenvalue weighted by Crippen LogP contribution is 2.24. The zero-order valence-corrected chi connectivity index (χ0v) is 60.5. The number of ether oxygens (including phenoxy) is 3. The van der Waals surface area contributed by atoms with Crippen molar-refractivity contribution in [2.45, 2.75) is 448 Å². The van der Waals surface area contributed by atoms with Gasteiger partial charge in [0.05, 0.1) is 32.0 Å². The average molecular weight is 1300 g/mol. The molecule has 0 aromatic heterocycles. The van der Waals surface area contributed by atoms with Gasteiger partial charge in [-0.2, -0.15) is 0 Å². The Morgan fingerprint density at radius 3 is 1.08 bits per heavy atom. The highest BCUT2D eigenvalue weighted by Gasteiger charge is 2.44. The minimum Gasteiger partial charge on any atom is -0.466 e. The lowest BCUT2D eigenvalue weighted by Gasteiger charge is -2.40. The predicted octanol–water partition coefficient (Wildman–Crippen LogP) is 21.7. The largest absolute Gasteiger partial charge is 0.466 e. The van der Waals surface area contributed by atoms with Gasteiger partial charge >= 0.3 is 5.97 Å². The van der Waals surface area contributed by atoms with Crippen LogP contribution in [0.15, 0.2) is 36.5 Å². The number of carbonyl (C=O) groups excluding carboxylic acids is 2. The highest BCUT2D eigenvalue weighted by molar-refractivity contribution is 5.76. The molecule has 0 saturated carbocycles. The summed E-state index contributed by atoms with van der Waals surface area (Å²) in [5.74, 6) is -0.170. The van der Waals surface area contributed by atoms with E-state index in [-0.39, 0.29) is 18.5 Å². The summed E-state index contributed by atoms with van der Waals surface area (Å²) in [4.78, 5) is 25.2. The molecule has 7 unspecified atom stereocenters. The Balaban J connectivity index is 1.91. The van der Waals surface area contributed by atoms with E-state index in [0.29, 0.717) is 19.4 Å². The molecular formula is C81H153NO10. The van der Waals surface area contributed by atoms with Crippen LogP contribution in [0.4, 0.5) is 0 Å². The average Bonchev–Trinajstić information content (AvgIpc) is 0.989. The van der Waals surface area contributed by atoms with Gasteiger partial charge in [0.15, 0.2) is 6.29 Å². The van der Waals surface area contributed by atoms with Crippen LogP contribution < -0.4 is 5.32 Å². The summed E-state index contributed by atoms with van der Waals surface area (Å²) in [6, 6.07) is -0.831. The number of aliphatic hydroxyl groups excluding tert-OH is 5. The van der Waals surface area contributed by atoms with E-state index in [1.165, 1.54) is 315 Å². The van der Waals surface area contributed by atoms with Crippen LogP contribution in [0.25, 0.3) is 0 Å². The quantitative estimate of drug-likeness (QED) is 0.0195. The molecule has 1 aliphatic heterocycles. The zero-order valence-electron chi connectivity index (χ0n) is 60.5. The fourth-order valence-corrected chi connectivity index (χ4v) is 12.9. The van der Waals surface area contributed by atoms with Crippen molar-refractivity contribution in [2.75, 3.05) is 19.8 Å². The van der Waals surface area contributed by atoms with Crippen molar-refractivity contribution in [3.8, 4) is 0 Å². The molecule has 6 N–H and O–H groups in total. The molecule has 11 nitrogen and oxygen atoms in total. The van der Waals surface area contributed by atoms with E-state index in [9.17, 15) is 35.1 Å². The number of amides is 1. The molecule has 1 amide bonds. The van der Waals surface area contributed by atoms with Gasteiger partial charge < -0.3 is 45.1 Å². The fourth-order valence-electron chi connectivity index (χ4n) is 12.9. The van der Waals surface area contributed by atoms with Crippen LogP contribution in [0.2, 0.25) is 0 Å². The molecule has 92 heavy (non-hydrogen) atoms. The molecule has 1 saturated heterocycles. The third-order valence-corrected chi connectivity index (χ3v) is 19.2. The minimum atomic E-state index is -1.58. The van der Waals surface area contributed by atoms with E-state index >= 15 is 0 Å². The smallest absolute Gasteiger partial charge is 0.305 e. The first-order chi connectivity index (χ1) is 45.2. The Hall–Kier alpha value is -2.12. The van der Waals surface area contributed by atoms with Crippen LogP contribution in [0.1, 0.15) is 406 Å². The van der Waals surface area contributed by atoms with Crippen LogP contribution in [0.5, 0.6) is 0 Å². The molecule has 11 heteroatoms. The number of hydrogen-bond acceptors (Lipinski definition) is 10. The second-order valence-electron chi connectivity index (χ2n) is 28.1. The van der Waals surface area contributed by atoms with E-state index in [1.54, 1.807) is 6.08 Å². The summed E-state index contributed by atoms with van der Waals surface area (Å²) >= 11 is 0. The molecule has 542 valence electrons. The lowest BCUT2D eigenvalue weighted by atomic mass is 9.99. The number of rotatable bonds is 72.